The summed E-state index contributed by atoms with van der Waals surface area (Å²) in [6.07, 6.45) is -0.0540. The van der Waals surface area contributed by atoms with Crippen LogP contribution in [0.4, 0.5) is 17.1 Å². The van der Waals surface area contributed by atoms with Crippen LogP contribution in [0.25, 0.3) is 0 Å². The second kappa shape index (κ2) is 9.65. The Labute approximate surface area is 188 Å². The van der Waals surface area contributed by atoms with Crippen LogP contribution in [0, 0.1) is 10.1 Å². The molecule has 2 aromatic rings. The van der Waals surface area contributed by atoms with Gasteiger partial charge < -0.3 is 14.4 Å². The van der Waals surface area contributed by atoms with Gasteiger partial charge in [0.2, 0.25) is 5.91 Å². The molecule has 11 heteroatoms. The van der Waals surface area contributed by atoms with Gasteiger partial charge in [-0.25, -0.2) is 0 Å². The lowest BCUT2D eigenvalue weighted by atomic mass is 10.1. The number of nitro groups is 1. The van der Waals surface area contributed by atoms with Crippen molar-refractivity contribution in [1.82, 2.24) is 0 Å². The number of nitrogens with zero attached hydrogens (tertiary/aromatic N) is 3. The van der Waals surface area contributed by atoms with E-state index in [1.807, 2.05) is 0 Å². The maximum absolute atomic E-state index is 13.3. The van der Waals surface area contributed by atoms with Gasteiger partial charge in [-0.1, -0.05) is 11.6 Å². The van der Waals surface area contributed by atoms with Gasteiger partial charge >= 0.3 is 11.7 Å². The molecule has 0 fully saturated rings. The minimum Gasteiger partial charge on any atom is -0.490 e. The van der Waals surface area contributed by atoms with Crippen LogP contribution in [0.2, 0.25) is 5.02 Å². The zero-order valence-electron chi connectivity index (χ0n) is 17.4. The maximum atomic E-state index is 13.3. The molecule has 1 heterocycles. The van der Waals surface area contributed by atoms with Crippen LogP contribution in [0.3, 0.4) is 0 Å². The van der Waals surface area contributed by atoms with Crippen molar-refractivity contribution < 1.29 is 28.8 Å². The van der Waals surface area contributed by atoms with E-state index >= 15 is 0 Å². The van der Waals surface area contributed by atoms with Crippen molar-refractivity contribution in [3.63, 3.8) is 0 Å². The van der Waals surface area contributed by atoms with E-state index in [1.165, 1.54) is 41.2 Å². The minimum atomic E-state index is -0.609. The third-order valence-electron chi connectivity index (χ3n) is 4.83. The second-order valence-electron chi connectivity index (χ2n) is 6.77. The fourth-order valence-electron chi connectivity index (χ4n) is 3.38. The fourth-order valence-corrected chi connectivity index (χ4v) is 3.54. The number of benzene rings is 2. The van der Waals surface area contributed by atoms with Crippen LogP contribution in [-0.2, 0) is 14.3 Å². The third kappa shape index (κ3) is 4.65. The number of hydrogen-bond acceptors (Lipinski definition) is 7. The minimum absolute atomic E-state index is 0.0327. The van der Waals surface area contributed by atoms with Crippen LogP contribution in [0.1, 0.15) is 23.7 Å². The Balaban J connectivity index is 2.03. The normalized spacial score (nSPS) is 13.3. The Hall–Kier alpha value is -3.66. The highest BCUT2D eigenvalue weighted by Crippen LogP contribution is 2.37. The Morgan fingerprint density at radius 1 is 1.19 bits per heavy atom. The summed E-state index contributed by atoms with van der Waals surface area (Å²) in [5, 5.41) is 11.5. The van der Waals surface area contributed by atoms with E-state index in [9.17, 15) is 24.5 Å². The van der Waals surface area contributed by atoms with E-state index in [4.69, 9.17) is 21.1 Å². The van der Waals surface area contributed by atoms with Gasteiger partial charge in [-0.2, -0.15) is 0 Å². The maximum Gasteiger partial charge on any atom is 0.326 e. The van der Waals surface area contributed by atoms with Crippen molar-refractivity contribution in [2.24, 2.45) is 0 Å². The molecular weight excluding hydrogens is 442 g/mol. The predicted molar refractivity (Wildman–Crippen MR) is 116 cm³/mol. The van der Waals surface area contributed by atoms with Crippen molar-refractivity contribution in [2.75, 3.05) is 36.6 Å². The molecule has 32 heavy (non-hydrogen) atoms. The predicted octanol–water partition coefficient (Wildman–Crippen LogP) is 3.20. The number of esters is 1. The van der Waals surface area contributed by atoms with Gasteiger partial charge in [-0.05, 0) is 31.2 Å². The summed E-state index contributed by atoms with van der Waals surface area (Å²) in [5.41, 5.74) is 0.518. The number of halogens is 1. The lowest BCUT2D eigenvalue weighted by Crippen LogP contribution is -2.36. The molecular formula is C21H20ClN3O7. The van der Waals surface area contributed by atoms with Gasteiger partial charge in [0, 0.05) is 35.7 Å². The van der Waals surface area contributed by atoms with Crippen molar-refractivity contribution >= 4 is 46.4 Å². The smallest absolute Gasteiger partial charge is 0.326 e. The standard InChI is InChI=1S/C21H20ClN3O7/c1-3-32-20(27)12-24-17-11-14(22)5-7-15(17)23(9-8-19(24)26)21(28)13-4-6-16(25(29)30)18(10-13)31-2/h4-7,10-11H,3,8-9,12H2,1-2H3. The Morgan fingerprint density at radius 2 is 1.94 bits per heavy atom. The number of amides is 2. The molecule has 10 nitrogen and oxygen atoms in total. The molecule has 0 saturated carbocycles. The highest BCUT2D eigenvalue weighted by molar-refractivity contribution is 6.31. The molecule has 0 N–H and O–H groups in total. The van der Waals surface area contributed by atoms with E-state index in [-0.39, 0.29) is 54.7 Å². The molecule has 0 aromatic heterocycles. The van der Waals surface area contributed by atoms with E-state index in [2.05, 4.69) is 0 Å². The topological polar surface area (TPSA) is 119 Å². The van der Waals surface area contributed by atoms with Gasteiger partial charge in [0.15, 0.2) is 5.75 Å². The summed E-state index contributed by atoms with van der Waals surface area (Å²) < 4.78 is 10.0. The van der Waals surface area contributed by atoms with Crippen LogP contribution in [-0.4, -0.2) is 49.5 Å². The number of carbonyl (C=O) groups is 3. The number of methoxy groups -OCH3 is 1. The van der Waals surface area contributed by atoms with Crippen LogP contribution >= 0.6 is 11.6 Å². The van der Waals surface area contributed by atoms with Gasteiger partial charge in [0.05, 0.1) is 30.0 Å². The molecule has 2 amide bonds. The Morgan fingerprint density at radius 3 is 2.59 bits per heavy atom. The van der Waals surface area contributed by atoms with Gasteiger partial charge in [-0.15, -0.1) is 0 Å². The molecule has 0 radical (unpaired) electrons. The quantitative estimate of drug-likeness (QED) is 0.368. The number of ether oxygens (including phenoxy) is 2. The number of rotatable bonds is 6. The Bertz CT molecular complexity index is 1090. The molecule has 0 aliphatic carbocycles. The number of hydrogen-bond donors (Lipinski definition) is 0. The number of fused-ring (bicyclic) bond motifs is 1. The van der Waals surface area contributed by atoms with Crippen molar-refractivity contribution in [2.45, 2.75) is 13.3 Å². The van der Waals surface area contributed by atoms with Gasteiger partial charge in [0.1, 0.15) is 6.54 Å². The first-order valence-electron chi connectivity index (χ1n) is 9.66. The fraction of sp³-hybridized carbons (Fsp3) is 0.286. The molecule has 3 rings (SSSR count). The third-order valence-corrected chi connectivity index (χ3v) is 5.07. The average molecular weight is 462 g/mol. The molecule has 0 atom stereocenters. The van der Waals surface area contributed by atoms with E-state index in [0.29, 0.717) is 10.7 Å². The number of anilines is 2. The highest BCUT2D eigenvalue weighted by Gasteiger charge is 2.32. The lowest BCUT2D eigenvalue weighted by molar-refractivity contribution is -0.385. The van der Waals surface area contributed by atoms with E-state index in [0.717, 1.165) is 0 Å². The first kappa shape index (κ1) is 23.0. The van der Waals surface area contributed by atoms with Crippen molar-refractivity contribution in [1.29, 1.82) is 0 Å². The summed E-state index contributed by atoms with van der Waals surface area (Å²) in [6, 6.07) is 8.42. The second-order valence-corrected chi connectivity index (χ2v) is 7.20. The van der Waals surface area contributed by atoms with Crippen LogP contribution < -0.4 is 14.5 Å². The van der Waals surface area contributed by atoms with E-state index < -0.39 is 16.8 Å². The monoisotopic (exact) mass is 461 g/mol. The number of nitro benzene ring substituents is 1. The first-order chi connectivity index (χ1) is 15.3. The van der Waals surface area contributed by atoms with Crippen LogP contribution in [0.15, 0.2) is 36.4 Å². The zero-order valence-corrected chi connectivity index (χ0v) is 18.1. The van der Waals surface area contributed by atoms with Crippen LogP contribution in [0.5, 0.6) is 5.75 Å². The molecule has 2 aromatic carbocycles. The lowest BCUT2D eigenvalue weighted by Gasteiger charge is -2.25. The summed E-state index contributed by atoms with van der Waals surface area (Å²) in [6.45, 7) is 1.53. The first-order valence-corrected chi connectivity index (χ1v) is 10.0. The Kier molecular flexibility index (Phi) is 6.94. The van der Waals surface area contributed by atoms with Gasteiger partial charge in [-0.3, -0.25) is 29.4 Å². The molecule has 0 spiro atoms. The summed E-state index contributed by atoms with van der Waals surface area (Å²) in [7, 11) is 1.27. The molecule has 0 bridgehead atoms. The van der Waals surface area contributed by atoms with Gasteiger partial charge in [0.25, 0.3) is 5.91 Å². The summed E-state index contributed by atoms with van der Waals surface area (Å²) >= 11 is 6.13. The molecule has 0 unspecified atom stereocenters. The summed E-state index contributed by atoms with van der Waals surface area (Å²) in [5.74, 6) is -1.52. The van der Waals surface area contributed by atoms with Crippen molar-refractivity contribution in [3.05, 3.63) is 57.1 Å². The average Bonchev–Trinajstić information content (AvgIpc) is 2.89. The molecule has 1 aliphatic heterocycles. The molecule has 1 aliphatic rings. The zero-order chi connectivity index (χ0) is 23.4. The molecule has 168 valence electrons. The van der Waals surface area contributed by atoms with Crippen molar-refractivity contribution in [3.8, 4) is 5.75 Å². The highest BCUT2D eigenvalue weighted by atomic mass is 35.5. The summed E-state index contributed by atoms with van der Waals surface area (Å²) in [4.78, 5) is 51.3. The largest absolute Gasteiger partial charge is 0.490 e. The number of carbonyl (C=O) groups excluding carboxylic acids is 3. The molecule has 0 saturated heterocycles. The van der Waals surface area contributed by atoms with E-state index in [1.54, 1.807) is 19.1 Å². The SMILES string of the molecule is CCOC(=O)CN1C(=O)CCN(C(=O)c2ccc([N+](=O)[O-])c(OC)c2)c2ccc(Cl)cc21.